The van der Waals surface area contributed by atoms with Crippen LogP contribution in [-0.2, 0) is 57.6 Å². The summed E-state index contributed by atoms with van der Waals surface area (Å²) in [7, 11) is 0. The number of hydrogen-bond acceptors (Lipinski definition) is 5. The maximum absolute atomic E-state index is 13.2. The number of aliphatic hydroxyl groups is 1. The van der Waals surface area contributed by atoms with Gasteiger partial charge in [-0.2, -0.15) is 0 Å². The summed E-state index contributed by atoms with van der Waals surface area (Å²) in [5.74, 6) is -0.946. The molecule has 1 aromatic carbocycles. The van der Waals surface area contributed by atoms with Crippen molar-refractivity contribution in [3.05, 3.63) is 33.4 Å². The van der Waals surface area contributed by atoms with Crippen LogP contribution in [0.1, 0.15) is 93.7 Å². The number of aliphatic hydroxyl groups excluding tert-OH is 1. The van der Waals surface area contributed by atoms with E-state index < -0.39 is 17.4 Å². The molecule has 1 N–H and O–H groups in total. The minimum Gasteiger partial charge on any atom is -0.465 e. The molecule has 1 aliphatic carbocycles. The molecule has 5 heteroatoms. The standard InChI is InChI=1S/C27H42O5/c1-6-11-13-20-19(8-3)22(15-16-28)21(14-12-7-2)24-18-27(17-23(20)24,25(29)31-9-4)26(30)32-10-5/h28H,6-18H2,1-5H3. The monoisotopic (exact) mass is 446 g/mol. The van der Waals surface area contributed by atoms with E-state index in [-0.39, 0.29) is 19.8 Å². The largest absolute Gasteiger partial charge is 0.465 e. The van der Waals surface area contributed by atoms with Gasteiger partial charge in [-0.1, -0.05) is 33.6 Å². The zero-order valence-corrected chi connectivity index (χ0v) is 20.8. The Balaban J connectivity index is 2.77. The van der Waals surface area contributed by atoms with Crippen LogP contribution in [0.3, 0.4) is 0 Å². The normalized spacial score (nSPS) is 14.3. The molecule has 1 aromatic rings. The van der Waals surface area contributed by atoms with Crippen molar-refractivity contribution in [1.29, 1.82) is 0 Å². The van der Waals surface area contributed by atoms with Crippen molar-refractivity contribution in [3.63, 3.8) is 0 Å². The van der Waals surface area contributed by atoms with Crippen LogP contribution in [0.15, 0.2) is 0 Å². The van der Waals surface area contributed by atoms with Gasteiger partial charge in [0.1, 0.15) is 0 Å². The fourth-order valence-corrected chi connectivity index (χ4v) is 5.25. The molecule has 0 unspecified atom stereocenters. The highest BCUT2D eigenvalue weighted by Crippen LogP contribution is 2.46. The molecule has 0 bridgehead atoms. The first-order chi connectivity index (χ1) is 15.4. The molecule has 0 saturated heterocycles. The molecule has 0 aromatic heterocycles. The van der Waals surface area contributed by atoms with Crippen LogP contribution in [0.2, 0.25) is 0 Å². The van der Waals surface area contributed by atoms with Gasteiger partial charge in [-0.05, 0) is 85.8 Å². The molecule has 0 aliphatic heterocycles. The molecular weight excluding hydrogens is 404 g/mol. The first-order valence-electron chi connectivity index (χ1n) is 12.6. The predicted octanol–water partition coefficient (Wildman–Crippen LogP) is 4.68. The Bertz CT molecular complexity index is 778. The van der Waals surface area contributed by atoms with E-state index in [4.69, 9.17) is 9.47 Å². The first kappa shape index (κ1) is 26.4. The Labute approximate surface area is 193 Å². The number of rotatable bonds is 13. The van der Waals surface area contributed by atoms with E-state index in [1.165, 1.54) is 22.3 Å². The van der Waals surface area contributed by atoms with E-state index in [0.717, 1.165) is 56.1 Å². The van der Waals surface area contributed by atoms with Crippen LogP contribution < -0.4 is 0 Å². The second-order valence-electron chi connectivity index (χ2n) is 8.78. The van der Waals surface area contributed by atoms with Gasteiger partial charge in [0.05, 0.1) is 13.2 Å². The third-order valence-electron chi connectivity index (χ3n) is 6.75. The van der Waals surface area contributed by atoms with Crippen molar-refractivity contribution in [2.45, 2.75) is 98.8 Å². The lowest BCUT2D eigenvalue weighted by atomic mass is 9.82. The van der Waals surface area contributed by atoms with Crippen LogP contribution in [-0.4, -0.2) is 36.9 Å². The van der Waals surface area contributed by atoms with Crippen molar-refractivity contribution in [2.24, 2.45) is 5.41 Å². The Morgan fingerprint density at radius 1 is 0.750 bits per heavy atom. The molecular formula is C27H42O5. The lowest BCUT2D eigenvalue weighted by Gasteiger charge is -2.24. The van der Waals surface area contributed by atoms with Gasteiger partial charge >= 0.3 is 11.9 Å². The Morgan fingerprint density at radius 2 is 1.22 bits per heavy atom. The molecule has 5 nitrogen and oxygen atoms in total. The van der Waals surface area contributed by atoms with Crippen LogP contribution in [0.5, 0.6) is 0 Å². The number of hydrogen-bond donors (Lipinski definition) is 1. The van der Waals surface area contributed by atoms with Gasteiger partial charge in [0.15, 0.2) is 5.41 Å². The van der Waals surface area contributed by atoms with Gasteiger partial charge in [-0.3, -0.25) is 9.59 Å². The summed E-state index contributed by atoms with van der Waals surface area (Å²) in [6.45, 7) is 10.6. The fraction of sp³-hybridized carbons (Fsp3) is 0.704. The molecule has 0 fully saturated rings. The third-order valence-corrected chi connectivity index (χ3v) is 6.75. The van der Waals surface area contributed by atoms with Gasteiger partial charge in [-0.15, -0.1) is 0 Å². The number of ether oxygens (including phenoxy) is 2. The fourth-order valence-electron chi connectivity index (χ4n) is 5.25. The summed E-state index contributed by atoms with van der Waals surface area (Å²) < 4.78 is 10.8. The van der Waals surface area contributed by atoms with E-state index in [9.17, 15) is 14.7 Å². The summed E-state index contributed by atoms with van der Waals surface area (Å²) in [4.78, 5) is 26.4. The van der Waals surface area contributed by atoms with Crippen molar-refractivity contribution in [2.75, 3.05) is 19.8 Å². The lowest BCUT2D eigenvalue weighted by molar-refractivity contribution is -0.171. The maximum atomic E-state index is 13.2. The average molecular weight is 447 g/mol. The topological polar surface area (TPSA) is 72.8 Å². The van der Waals surface area contributed by atoms with Gasteiger partial charge in [-0.25, -0.2) is 0 Å². The zero-order chi connectivity index (χ0) is 23.7. The SMILES string of the molecule is CCCCc1c(CC)c(CCO)c(CCCC)c2c1CC(C(=O)OCC)(C(=O)OCC)C2. The molecule has 1 aliphatic rings. The minimum atomic E-state index is -1.31. The maximum Gasteiger partial charge on any atom is 0.324 e. The van der Waals surface area contributed by atoms with E-state index in [0.29, 0.717) is 19.3 Å². The highest BCUT2D eigenvalue weighted by molar-refractivity contribution is 6.02. The van der Waals surface area contributed by atoms with Crippen molar-refractivity contribution >= 4 is 11.9 Å². The third kappa shape index (κ3) is 5.19. The first-order valence-corrected chi connectivity index (χ1v) is 12.6. The molecule has 0 radical (unpaired) electrons. The quantitative estimate of drug-likeness (QED) is 0.352. The van der Waals surface area contributed by atoms with Gasteiger partial charge in [0.2, 0.25) is 0 Å². The molecule has 32 heavy (non-hydrogen) atoms. The molecule has 0 spiro atoms. The van der Waals surface area contributed by atoms with Crippen LogP contribution in [0.25, 0.3) is 0 Å². The number of carbonyl (C=O) groups is 2. The summed E-state index contributed by atoms with van der Waals surface area (Å²) in [6, 6.07) is 0. The number of carbonyl (C=O) groups excluding carboxylic acids is 2. The highest BCUT2D eigenvalue weighted by Gasteiger charge is 2.54. The highest BCUT2D eigenvalue weighted by atomic mass is 16.6. The van der Waals surface area contributed by atoms with E-state index in [2.05, 4.69) is 20.8 Å². The van der Waals surface area contributed by atoms with Crippen molar-refractivity contribution in [3.8, 4) is 0 Å². The average Bonchev–Trinajstić information content (AvgIpc) is 3.19. The van der Waals surface area contributed by atoms with Crippen LogP contribution in [0, 0.1) is 5.41 Å². The second kappa shape index (κ2) is 12.4. The molecule has 0 amide bonds. The number of fused-ring (bicyclic) bond motifs is 1. The smallest absolute Gasteiger partial charge is 0.324 e. The predicted molar refractivity (Wildman–Crippen MR) is 127 cm³/mol. The van der Waals surface area contributed by atoms with E-state index in [1.807, 2.05) is 0 Å². The van der Waals surface area contributed by atoms with Crippen LogP contribution >= 0.6 is 0 Å². The van der Waals surface area contributed by atoms with E-state index >= 15 is 0 Å². The Kier molecular flexibility index (Phi) is 10.2. The van der Waals surface area contributed by atoms with Gasteiger partial charge < -0.3 is 14.6 Å². The molecule has 0 saturated carbocycles. The van der Waals surface area contributed by atoms with Crippen molar-refractivity contribution in [1.82, 2.24) is 0 Å². The number of benzene rings is 1. The number of esters is 2. The summed E-state index contributed by atoms with van der Waals surface area (Å²) in [5.41, 5.74) is 6.04. The Hall–Kier alpha value is -1.88. The van der Waals surface area contributed by atoms with Gasteiger partial charge in [0, 0.05) is 19.4 Å². The van der Waals surface area contributed by atoms with Crippen LogP contribution in [0.4, 0.5) is 0 Å². The lowest BCUT2D eigenvalue weighted by Crippen LogP contribution is -2.43. The summed E-state index contributed by atoms with van der Waals surface area (Å²) in [6.07, 6.45) is 8.23. The number of unbranched alkanes of at least 4 members (excludes halogenated alkanes) is 2. The summed E-state index contributed by atoms with van der Waals surface area (Å²) in [5, 5.41) is 9.88. The zero-order valence-electron chi connectivity index (χ0n) is 20.8. The molecule has 2 rings (SSSR count). The van der Waals surface area contributed by atoms with Crippen molar-refractivity contribution < 1.29 is 24.2 Å². The summed E-state index contributed by atoms with van der Waals surface area (Å²) >= 11 is 0. The second-order valence-corrected chi connectivity index (χ2v) is 8.78. The minimum absolute atomic E-state index is 0.0963. The molecule has 180 valence electrons. The van der Waals surface area contributed by atoms with E-state index in [1.54, 1.807) is 13.8 Å². The molecule has 0 atom stereocenters. The molecule has 0 heterocycles. The Morgan fingerprint density at radius 3 is 1.59 bits per heavy atom. The van der Waals surface area contributed by atoms with Gasteiger partial charge in [0.25, 0.3) is 0 Å².